The van der Waals surface area contributed by atoms with Crippen LogP contribution >= 0.6 is 0 Å². The number of nitrogens with one attached hydrogen (secondary N) is 1. The molecular weight excluding hydrogens is 250 g/mol. The molecule has 20 heavy (non-hydrogen) atoms. The van der Waals surface area contributed by atoms with Gasteiger partial charge in [0.05, 0.1) is 12.8 Å². The predicted octanol–water partition coefficient (Wildman–Crippen LogP) is 2.80. The number of hydrogen-bond donors (Lipinski definition) is 1. The Kier molecular flexibility index (Phi) is 5.32. The second kappa shape index (κ2) is 7.22. The highest BCUT2D eigenvalue weighted by Gasteiger charge is 2.06. The van der Waals surface area contributed by atoms with Crippen molar-refractivity contribution in [2.45, 2.75) is 39.5 Å². The van der Waals surface area contributed by atoms with Crippen LogP contribution in [0.5, 0.6) is 0 Å². The lowest BCUT2D eigenvalue weighted by molar-refractivity contribution is 0.288. The normalized spacial score (nSPS) is 11.4. The minimum absolute atomic E-state index is 0.489. The molecule has 0 unspecified atom stereocenters. The molecule has 0 aliphatic heterocycles. The molecule has 4 nitrogen and oxygen atoms in total. The van der Waals surface area contributed by atoms with E-state index in [0.29, 0.717) is 6.04 Å². The zero-order valence-electron chi connectivity index (χ0n) is 12.5. The Morgan fingerprint density at radius 2 is 1.95 bits per heavy atom. The summed E-state index contributed by atoms with van der Waals surface area (Å²) in [4.78, 5) is 6.26. The van der Waals surface area contributed by atoms with Crippen LogP contribution in [0, 0.1) is 0 Å². The van der Waals surface area contributed by atoms with E-state index < -0.39 is 0 Å². The van der Waals surface area contributed by atoms with E-state index in [1.807, 2.05) is 30.8 Å². The second-order valence-electron chi connectivity index (χ2n) is 5.48. The Bertz CT molecular complexity index is 507. The van der Waals surface area contributed by atoms with Gasteiger partial charge in [0.15, 0.2) is 0 Å². The standard InChI is InChI=1S/C16H23N3O/c1-13(2)18-9-15-8-16(20-12-15)11-19(3)10-14-4-6-17-7-5-14/h4-8,12-13,18H,9-11H2,1-3H3. The fraction of sp³-hybridized carbons (Fsp3) is 0.438. The van der Waals surface area contributed by atoms with Gasteiger partial charge in [0.2, 0.25) is 0 Å². The van der Waals surface area contributed by atoms with Crippen molar-refractivity contribution in [1.82, 2.24) is 15.2 Å². The van der Waals surface area contributed by atoms with E-state index in [2.05, 4.69) is 42.2 Å². The maximum Gasteiger partial charge on any atom is 0.118 e. The van der Waals surface area contributed by atoms with E-state index in [9.17, 15) is 0 Å². The summed E-state index contributed by atoms with van der Waals surface area (Å²) in [5.41, 5.74) is 2.46. The molecule has 0 fully saturated rings. The average molecular weight is 273 g/mol. The van der Waals surface area contributed by atoms with Crippen molar-refractivity contribution < 1.29 is 4.42 Å². The molecule has 0 radical (unpaired) electrons. The Morgan fingerprint density at radius 3 is 2.65 bits per heavy atom. The van der Waals surface area contributed by atoms with Crippen molar-refractivity contribution in [2.24, 2.45) is 0 Å². The van der Waals surface area contributed by atoms with Crippen LogP contribution in [-0.2, 0) is 19.6 Å². The number of furan rings is 1. The quantitative estimate of drug-likeness (QED) is 0.842. The monoisotopic (exact) mass is 273 g/mol. The summed E-state index contributed by atoms with van der Waals surface area (Å²) in [6.45, 7) is 6.84. The highest BCUT2D eigenvalue weighted by molar-refractivity contribution is 5.13. The minimum Gasteiger partial charge on any atom is -0.468 e. The molecule has 0 atom stereocenters. The van der Waals surface area contributed by atoms with Crippen LogP contribution < -0.4 is 5.32 Å². The molecule has 2 aromatic heterocycles. The molecule has 2 aromatic rings. The van der Waals surface area contributed by atoms with E-state index in [1.54, 1.807) is 0 Å². The number of hydrogen-bond acceptors (Lipinski definition) is 4. The Hall–Kier alpha value is -1.65. The first-order chi connectivity index (χ1) is 9.63. The third kappa shape index (κ3) is 4.79. The van der Waals surface area contributed by atoms with Crippen LogP contribution in [0.15, 0.2) is 41.3 Å². The minimum atomic E-state index is 0.489. The van der Waals surface area contributed by atoms with Gasteiger partial charge in [0.25, 0.3) is 0 Å². The highest BCUT2D eigenvalue weighted by Crippen LogP contribution is 2.12. The molecule has 108 valence electrons. The van der Waals surface area contributed by atoms with Crippen LogP contribution in [0.25, 0.3) is 0 Å². The zero-order valence-corrected chi connectivity index (χ0v) is 12.5. The van der Waals surface area contributed by atoms with Gasteiger partial charge in [-0.3, -0.25) is 9.88 Å². The van der Waals surface area contributed by atoms with Gasteiger partial charge in [-0.2, -0.15) is 0 Å². The molecule has 0 aliphatic rings. The zero-order chi connectivity index (χ0) is 14.4. The number of pyridine rings is 1. The number of nitrogens with zero attached hydrogens (tertiary/aromatic N) is 2. The van der Waals surface area contributed by atoms with E-state index in [0.717, 1.165) is 25.4 Å². The lowest BCUT2D eigenvalue weighted by Gasteiger charge is -2.14. The second-order valence-corrected chi connectivity index (χ2v) is 5.48. The van der Waals surface area contributed by atoms with Crippen LogP contribution in [0.4, 0.5) is 0 Å². The molecule has 4 heteroatoms. The van der Waals surface area contributed by atoms with Crippen molar-refractivity contribution in [2.75, 3.05) is 7.05 Å². The molecule has 0 aliphatic carbocycles. The largest absolute Gasteiger partial charge is 0.468 e. The van der Waals surface area contributed by atoms with Gasteiger partial charge in [-0.05, 0) is 30.8 Å². The SMILES string of the molecule is CC(C)NCc1coc(CN(C)Cc2ccncc2)c1. The predicted molar refractivity (Wildman–Crippen MR) is 80.1 cm³/mol. The van der Waals surface area contributed by atoms with Crippen LogP contribution in [0.2, 0.25) is 0 Å². The lowest BCUT2D eigenvalue weighted by atomic mass is 10.2. The summed E-state index contributed by atoms with van der Waals surface area (Å²) in [6, 6.07) is 6.69. The van der Waals surface area contributed by atoms with E-state index in [-0.39, 0.29) is 0 Å². The van der Waals surface area contributed by atoms with Crippen molar-refractivity contribution in [1.29, 1.82) is 0 Å². The lowest BCUT2D eigenvalue weighted by Crippen LogP contribution is -2.21. The molecule has 1 N–H and O–H groups in total. The third-order valence-corrected chi connectivity index (χ3v) is 3.05. The molecular formula is C16H23N3O. The fourth-order valence-corrected chi connectivity index (χ4v) is 2.05. The van der Waals surface area contributed by atoms with E-state index in [1.165, 1.54) is 11.1 Å². The molecule has 0 saturated carbocycles. The Labute approximate surface area is 120 Å². The van der Waals surface area contributed by atoms with Gasteiger partial charge in [-0.1, -0.05) is 13.8 Å². The van der Waals surface area contributed by atoms with E-state index >= 15 is 0 Å². The summed E-state index contributed by atoms with van der Waals surface area (Å²) < 4.78 is 5.61. The highest BCUT2D eigenvalue weighted by atomic mass is 16.3. The first-order valence-corrected chi connectivity index (χ1v) is 7.00. The first kappa shape index (κ1) is 14.8. The Morgan fingerprint density at radius 1 is 1.20 bits per heavy atom. The van der Waals surface area contributed by atoms with Gasteiger partial charge < -0.3 is 9.73 Å². The first-order valence-electron chi connectivity index (χ1n) is 7.00. The van der Waals surface area contributed by atoms with Gasteiger partial charge in [0, 0.05) is 37.1 Å². The topological polar surface area (TPSA) is 41.3 Å². The molecule has 0 spiro atoms. The smallest absolute Gasteiger partial charge is 0.118 e. The van der Waals surface area contributed by atoms with Crippen molar-refractivity contribution in [3.8, 4) is 0 Å². The van der Waals surface area contributed by atoms with Crippen molar-refractivity contribution in [3.63, 3.8) is 0 Å². The molecule has 0 bridgehead atoms. The number of rotatable bonds is 7. The van der Waals surface area contributed by atoms with E-state index in [4.69, 9.17) is 4.42 Å². The molecule has 2 heterocycles. The van der Waals surface area contributed by atoms with Crippen molar-refractivity contribution >= 4 is 0 Å². The fourth-order valence-electron chi connectivity index (χ4n) is 2.05. The van der Waals surface area contributed by atoms with Crippen LogP contribution in [0.3, 0.4) is 0 Å². The summed E-state index contributed by atoms with van der Waals surface area (Å²) >= 11 is 0. The Balaban J connectivity index is 1.83. The maximum atomic E-state index is 5.61. The maximum absolute atomic E-state index is 5.61. The van der Waals surface area contributed by atoms with Crippen LogP contribution in [0.1, 0.15) is 30.7 Å². The summed E-state index contributed by atoms with van der Waals surface area (Å²) in [5, 5.41) is 3.39. The summed E-state index contributed by atoms with van der Waals surface area (Å²) in [6.07, 6.45) is 5.49. The van der Waals surface area contributed by atoms with Gasteiger partial charge >= 0.3 is 0 Å². The van der Waals surface area contributed by atoms with Crippen molar-refractivity contribution in [3.05, 3.63) is 53.7 Å². The molecule has 2 rings (SSSR count). The summed E-state index contributed by atoms with van der Waals surface area (Å²) in [7, 11) is 2.09. The van der Waals surface area contributed by atoms with Gasteiger partial charge in [-0.25, -0.2) is 0 Å². The number of aromatic nitrogens is 1. The van der Waals surface area contributed by atoms with Gasteiger partial charge in [0.1, 0.15) is 5.76 Å². The summed E-state index contributed by atoms with van der Waals surface area (Å²) in [5.74, 6) is 1.00. The molecule has 0 saturated heterocycles. The molecule has 0 amide bonds. The third-order valence-electron chi connectivity index (χ3n) is 3.05. The van der Waals surface area contributed by atoms with Crippen LogP contribution in [-0.4, -0.2) is 23.0 Å². The van der Waals surface area contributed by atoms with Gasteiger partial charge in [-0.15, -0.1) is 0 Å². The average Bonchev–Trinajstić information content (AvgIpc) is 2.85. The molecule has 0 aromatic carbocycles.